The van der Waals surface area contributed by atoms with Crippen molar-refractivity contribution in [2.24, 2.45) is 0 Å². The summed E-state index contributed by atoms with van der Waals surface area (Å²) in [4.78, 5) is 18.8. The Labute approximate surface area is 127 Å². The van der Waals surface area contributed by atoms with E-state index in [1.165, 1.54) is 4.90 Å². The van der Waals surface area contributed by atoms with Gasteiger partial charge in [-0.05, 0) is 0 Å². The quantitative estimate of drug-likeness (QED) is 0.737. The normalized spacial score (nSPS) is 20.7. The van der Waals surface area contributed by atoms with E-state index in [1.807, 2.05) is 0 Å². The number of halogens is 4. The van der Waals surface area contributed by atoms with Crippen LogP contribution in [0, 0.1) is 11.6 Å². The van der Waals surface area contributed by atoms with Crippen molar-refractivity contribution in [2.45, 2.75) is 18.4 Å². The Kier molecular flexibility index (Phi) is 3.53. The fourth-order valence-corrected chi connectivity index (χ4v) is 2.54. The fourth-order valence-electron chi connectivity index (χ4n) is 2.54. The Morgan fingerprint density at radius 2 is 2.09 bits per heavy atom. The minimum absolute atomic E-state index is 0.0738. The van der Waals surface area contributed by atoms with Crippen LogP contribution in [0.15, 0.2) is 12.1 Å². The third-order valence-electron chi connectivity index (χ3n) is 3.74. The van der Waals surface area contributed by atoms with E-state index in [9.17, 15) is 22.4 Å². The lowest BCUT2D eigenvalue weighted by Crippen LogP contribution is -2.58. The van der Waals surface area contributed by atoms with Crippen LogP contribution >= 0.6 is 0 Å². The third-order valence-corrected chi connectivity index (χ3v) is 3.74. The lowest BCUT2D eigenvalue weighted by atomic mass is 10.0. The molecule has 2 aromatic rings. The molecule has 1 amide bonds. The zero-order chi connectivity index (χ0) is 16.8. The van der Waals surface area contributed by atoms with Crippen LogP contribution in [-0.4, -0.2) is 46.2 Å². The molecular weight excluding hydrogens is 320 g/mol. The van der Waals surface area contributed by atoms with Crippen LogP contribution < -0.4 is 10.2 Å². The highest BCUT2D eigenvalue weighted by atomic mass is 19.3. The summed E-state index contributed by atoms with van der Waals surface area (Å²) in [5, 5.41) is 10.4. The number of carbonyl (C=O) groups is 1. The predicted octanol–water partition coefficient (Wildman–Crippen LogP) is 2.32. The number of piperidine rings is 1. The highest BCUT2D eigenvalue weighted by Gasteiger charge is 2.45. The van der Waals surface area contributed by atoms with Crippen molar-refractivity contribution in [1.29, 1.82) is 0 Å². The number of aromatic amines is 1. The van der Waals surface area contributed by atoms with Crippen LogP contribution in [0.1, 0.15) is 6.42 Å². The number of H-pyrrole nitrogens is 1. The number of rotatable bonds is 2. The third kappa shape index (κ3) is 2.88. The van der Waals surface area contributed by atoms with E-state index in [0.29, 0.717) is 0 Å². The van der Waals surface area contributed by atoms with Crippen molar-refractivity contribution < 1.29 is 27.5 Å². The first-order valence-electron chi connectivity index (χ1n) is 6.73. The van der Waals surface area contributed by atoms with Gasteiger partial charge >= 0.3 is 6.09 Å². The summed E-state index contributed by atoms with van der Waals surface area (Å²) >= 11 is 0. The Bertz CT molecular complexity index is 725. The molecule has 0 bridgehead atoms. The largest absolute Gasteiger partial charge is 0.465 e. The van der Waals surface area contributed by atoms with Gasteiger partial charge in [0.05, 0.1) is 11.0 Å². The highest BCUT2D eigenvalue weighted by molar-refractivity contribution is 5.77. The van der Waals surface area contributed by atoms with Crippen molar-refractivity contribution in [3.8, 4) is 0 Å². The molecule has 0 saturated carbocycles. The number of anilines is 1. The first-order chi connectivity index (χ1) is 10.8. The van der Waals surface area contributed by atoms with Crippen molar-refractivity contribution in [1.82, 2.24) is 15.3 Å². The number of benzene rings is 1. The number of imidazole rings is 1. The van der Waals surface area contributed by atoms with Crippen molar-refractivity contribution in [3.05, 3.63) is 23.8 Å². The van der Waals surface area contributed by atoms with Gasteiger partial charge in [-0.2, -0.15) is 0 Å². The van der Waals surface area contributed by atoms with Gasteiger partial charge in [-0.1, -0.05) is 0 Å². The number of amides is 1. The van der Waals surface area contributed by atoms with Crippen LogP contribution in [0.5, 0.6) is 0 Å². The number of nitrogens with zero attached hydrogens (tertiary/aromatic N) is 2. The van der Waals surface area contributed by atoms with E-state index < -0.39 is 36.1 Å². The summed E-state index contributed by atoms with van der Waals surface area (Å²) in [5.41, 5.74) is 0.373. The molecular formula is C13H12F4N4O2. The minimum atomic E-state index is -3.18. The van der Waals surface area contributed by atoms with Gasteiger partial charge in [0.2, 0.25) is 5.95 Å². The molecule has 1 atom stereocenters. The molecule has 0 aliphatic carbocycles. The lowest BCUT2D eigenvalue weighted by Gasteiger charge is -2.37. The second kappa shape index (κ2) is 5.28. The zero-order valence-electron chi connectivity index (χ0n) is 11.6. The van der Waals surface area contributed by atoms with Gasteiger partial charge in [0.15, 0.2) is 11.6 Å². The topological polar surface area (TPSA) is 81.2 Å². The van der Waals surface area contributed by atoms with Crippen molar-refractivity contribution >= 4 is 23.1 Å². The smallest absolute Gasteiger partial charge is 0.405 e. The van der Waals surface area contributed by atoms with Gasteiger partial charge in [0.1, 0.15) is 6.04 Å². The number of alkyl halides is 2. The molecule has 0 spiro atoms. The van der Waals surface area contributed by atoms with Crippen molar-refractivity contribution in [3.63, 3.8) is 0 Å². The van der Waals surface area contributed by atoms with Crippen LogP contribution in [-0.2, 0) is 0 Å². The molecule has 6 nitrogen and oxygen atoms in total. The lowest BCUT2D eigenvalue weighted by molar-refractivity contribution is -0.0494. The molecule has 3 rings (SSSR count). The molecule has 1 saturated heterocycles. The maximum atomic E-state index is 13.7. The zero-order valence-corrected chi connectivity index (χ0v) is 11.6. The molecule has 1 aliphatic rings. The Hall–Kier alpha value is -2.52. The molecule has 1 aromatic heterocycles. The number of nitrogens with one attached hydrogen (secondary N) is 2. The average Bonchev–Trinajstić information content (AvgIpc) is 2.84. The van der Waals surface area contributed by atoms with E-state index in [4.69, 9.17) is 5.11 Å². The minimum Gasteiger partial charge on any atom is -0.465 e. The van der Waals surface area contributed by atoms with Gasteiger partial charge in [-0.15, -0.1) is 0 Å². The van der Waals surface area contributed by atoms with Crippen LogP contribution in [0.25, 0.3) is 11.0 Å². The molecule has 1 fully saturated rings. The highest BCUT2D eigenvalue weighted by Crippen LogP contribution is 2.31. The summed E-state index contributed by atoms with van der Waals surface area (Å²) in [6.45, 7) is -0.389. The predicted molar refractivity (Wildman–Crippen MR) is 72.7 cm³/mol. The van der Waals surface area contributed by atoms with E-state index >= 15 is 0 Å². The number of fused-ring (bicyclic) bond motifs is 1. The van der Waals surface area contributed by atoms with Gasteiger partial charge in [0, 0.05) is 31.6 Å². The van der Waals surface area contributed by atoms with Crippen LogP contribution in [0.4, 0.5) is 28.3 Å². The standard InChI is InChI=1S/C13H12F4N4O2/c14-6-3-8-9(4-7(6)15)19-11(18-8)21-2-1-13(16,17)10(5-21)20-12(22)23/h3-4,10,20H,1-2,5H2,(H,18,19)(H,22,23). The number of hydrogen-bond acceptors (Lipinski definition) is 3. The molecule has 23 heavy (non-hydrogen) atoms. The summed E-state index contributed by atoms with van der Waals surface area (Å²) in [7, 11) is 0. The second-order valence-electron chi connectivity index (χ2n) is 5.30. The molecule has 2 heterocycles. The monoisotopic (exact) mass is 332 g/mol. The number of hydrogen-bond donors (Lipinski definition) is 3. The van der Waals surface area contributed by atoms with Gasteiger partial charge in [-0.3, -0.25) is 0 Å². The van der Waals surface area contributed by atoms with Gasteiger partial charge < -0.3 is 20.3 Å². The molecule has 124 valence electrons. The van der Waals surface area contributed by atoms with Gasteiger partial charge in [0.25, 0.3) is 5.92 Å². The Balaban J connectivity index is 1.88. The van der Waals surface area contributed by atoms with E-state index in [-0.39, 0.29) is 30.1 Å². The summed E-state index contributed by atoms with van der Waals surface area (Å²) in [5.74, 6) is -5.15. The Morgan fingerprint density at radius 1 is 1.39 bits per heavy atom. The number of carboxylic acid groups (broad SMARTS) is 1. The van der Waals surface area contributed by atoms with E-state index in [1.54, 1.807) is 5.32 Å². The summed E-state index contributed by atoms with van der Waals surface area (Å²) < 4.78 is 53.9. The van der Waals surface area contributed by atoms with Crippen LogP contribution in [0.3, 0.4) is 0 Å². The molecule has 0 radical (unpaired) electrons. The fraction of sp³-hybridized carbons (Fsp3) is 0.385. The molecule has 3 N–H and O–H groups in total. The molecule has 1 aliphatic heterocycles. The van der Waals surface area contributed by atoms with E-state index in [2.05, 4.69) is 9.97 Å². The Morgan fingerprint density at radius 3 is 2.78 bits per heavy atom. The molecule has 1 aromatic carbocycles. The maximum absolute atomic E-state index is 13.7. The maximum Gasteiger partial charge on any atom is 0.405 e. The molecule has 1 unspecified atom stereocenters. The summed E-state index contributed by atoms with van der Waals surface area (Å²) in [6, 6.07) is 0.221. The number of aromatic nitrogens is 2. The SMILES string of the molecule is O=C(O)NC1CN(c2nc3cc(F)c(F)cc3[nH]2)CCC1(F)F. The summed E-state index contributed by atoms with van der Waals surface area (Å²) in [6.07, 6.45) is -2.12. The van der Waals surface area contributed by atoms with Crippen LogP contribution in [0.2, 0.25) is 0 Å². The van der Waals surface area contributed by atoms with Gasteiger partial charge in [-0.25, -0.2) is 27.3 Å². The van der Waals surface area contributed by atoms with Crippen molar-refractivity contribution in [2.75, 3.05) is 18.0 Å². The first kappa shape index (κ1) is 15.4. The molecule has 10 heteroatoms. The average molecular weight is 332 g/mol. The van der Waals surface area contributed by atoms with E-state index in [0.717, 1.165) is 12.1 Å². The first-order valence-corrected chi connectivity index (χ1v) is 6.73. The second-order valence-corrected chi connectivity index (χ2v) is 5.30.